The quantitative estimate of drug-likeness (QED) is 0.0222. The summed E-state index contributed by atoms with van der Waals surface area (Å²) in [6.45, 7) is 9.38. The van der Waals surface area contributed by atoms with Gasteiger partial charge in [0.05, 0.1) is 26.4 Å². The van der Waals surface area contributed by atoms with E-state index in [1.807, 2.05) is 0 Å². The topological polar surface area (TPSA) is 237 Å². The summed E-state index contributed by atoms with van der Waals surface area (Å²) in [5.41, 5.74) is 0. The van der Waals surface area contributed by atoms with Gasteiger partial charge in [-0.2, -0.15) is 0 Å². The Morgan fingerprint density at radius 2 is 0.630 bits per heavy atom. The van der Waals surface area contributed by atoms with E-state index in [0.29, 0.717) is 31.6 Å². The van der Waals surface area contributed by atoms with Gasteiger partial charge < -0.3 is 33.8 Å². The molecule has 0 saturated carbocycles. The molecule has 3 unspecified atom stereocenters. The van der Waals surface area contributed by atoms with Crippen LogP contribution in [-0.2, 0) is 65.4 Å². The van der Waals surface area contributed by atoms with E-state index in [2.05, 4.69) is 41.5 Å². The van der Waals surface area contributed by atoms with Crippen LogP contribution in [0.25, 0.3) is 0 Å². The first kappa shape index (κ1) is 79.1. The fraction of sp³-hybridized carbons (Fsp3) is 0.935. The van der Waals surface area contributed by atoms with Gasteiger partial charge in [0.25, 0.3) is 0 Å². The summed E-state index contributed by atoms with van der Waals surface area (Å²) in [5.74, 6) is -0.676. The van der Waals surface area contributed by atoms with Gasteiger partial charge in [0, 0.05) is 25.7 Å². The second-order valence-electron chi connectivity index (χ2n) is 23.2. The van der Waals surface area contributed by atoms with E-state index in [4.69, 9.17) is 37.0 Å². The first-order valence-corrected chi connectivity index (χ1v) is 35.5. The number of phosphoric ester groups is 2. The summed E-state index contributed by atoms with van der Waals surface area (Å²) in [6, 6.07) is 0. The Balaban J connectivity index is 5.24. The fourth-order valence-electron chi connectivity index (χ4n) is 9.15. The van der Waals surface area contributed by atoms with Crippen LogP contribution in [0.15, 0.2) is 0 Å². The maximum Gasteiger partial charge on any atom is 0.472 e. The van der Waals surface area contributed by atoms with E-state index in [1.54, 1.807) is 0 Å². The molecule has 0 aliphatic carbocycles. The average molecular weight is 1200 g/mol. The van der Waals surface area contributed by atoms with Crippen LogP contribution in [0.3, 0.4) is 0 Å². The number of esters is 4. The average Bonchev–Trinajstić information content (AvgIpc) is 3.43. The van der Waals surface area contributed by atoms with Gasteiger partial charge in [0.1, 0.15) is 19.3 Å². The molecule has 81 heavy (non-hydrogen) atoms. The summed E-state index contributed by atoms with van der Waals surface area (Å²) in [4.78, 5) is 72.0. The largest absolute Gasteiger partial charge is 0.472 e. The first-order chi connectivity index (χ1) is 38.9. The van der Waals surface area contributed by atoms with Crippen molar-refractivity contribution in [3.8, 4) is 0 Å². The highest BCUT2D eigenvalue weighted by atomic mass is 31.2. The van der Waals surface area contributed by atoms with Crippen LogP contribution in [0.1, 0.15) is 305 Å². The lowest BCUT2D eigenvalue weighted by Crippen LogP contribution is -2.30. The maximum atomic E-state index is 13.0. The van der Waals surface area contributed by atoms with E-state index in [0.717, 1.165) is 102 Å². The van der Waals surface area contributed by atoms with Gasteiger partial charge in [-0.3, -0.25) is 37.3 Å². The number of aliphatic hydroxyl groups is 1. The Bertz CT molecular complexity index is 1600. The molecule has 0 spiro atoms. The van der Waals surface area contributed by atoms with Crippen molar-refractivity contribution in [3.63, 3.8) is 0 Å². The van der Waals surface area contributed by atoms with E-state index in [-0.39, 0.29) is 25.7 Å². The number of aliphatic hydroxyl groups excluding tert-OH is 1. The number of ether oxygens (including phenoxy) is 4. The molecule has 17 nitrogen and oxygen atoms in total. The molecule has 0 aromatic carbocycles. The summed E-state index contributed by atoms with van der Waals surface area (Å²) >= 11 is 0. The normalized spacial score (nSPS) is 14.7. The molecule has 0 saturated heterocycles. The molecule has 19 heteroatoms. The second-order valence-corrected chi connectivity index (χ2v) is 26.1. The summed E-state index contributed by atoms with van der Waals surface area (Å²) in [7, 11) is -9.88. The third-order valence-electron chi connectivity index (χ3n) is 14.6. The van der Waals surface area contributed by atoms with Crippen LogP contribution < -0.4 is 0 Å². The molecule has 0 aromatic rings. The Kier molecular flexibility index (Phi) is 53.4. The molecule has 0 aliphatic heterocycles. The van der Waals surface area contributed by atoms with Crippen molar-refractivity contribution in [2.24, 2.45) is 11.8 Å². The molecule has 0 amide bonds. The van der Waals surface area contributed by atoms with Crippen molar-refractivity contribution in [2.75, 3.05) is 39.6 Å². The van der Waals surface area contributed by atoms with E-state index in [1.165, 1.54) is 116 Å². The van der Waals surface area contributed by atoms with Crippen LogP contribution in [0.4, 0.5) is 0 Å². The molecule has 3 N–H and O–H groups in total. The summed E-state index contributed by atoms with van der Waals surface area (Å²) in [5, 5.41) is 10.5. The minimum Gasteiger partial charge on any atom is -0.462 e. The van der Waals surface area contributed by atoms with Crippen molar-refractivity contribution in [3.05, 3.63) is 0 Å². The predicted molar refractivity (Wildman–Crippen MR) is 321 cm³/mol. The first-order valence-electron chi connectivity index (χ1n) is 32.5. The Morgan fingerprint density at radius 3 is 0.938 bits per heavy atom. The van der Waals surface area contributed by atoms with Crippen molar-refractivity contribution >= 4 is 39.5 Å². The molecule has 0 radical (unpaired) electrons. The molecule has 0 rings (SSSR count). The molecular formula is C62H120O17P2. The SMILES string of the molecule is CCCCCCCCCCCCCC(=O)OC[C@H](COP(=O)(O)OC[C@@H](O)COP(=O)(O)OC[C@@H](COC(=O)CCCCCCCCCC)OC(=O)CCCCCCCCCC(C)C)OC(=O)CCCCCCCCCCC(C)CC. The minimum absolute atomic E-state index is 0.103. The van der Waals surface area contributed by atoms with Crippen LogP contribution in [0.5, 0.6) is 0 Å². The lowest BCUT2D eigenvalue weighted by molar-refractivity contribution is -0.161. The Labute approximate surface area is 492 Å². The van der Waals surface area contributed by atoms with E-state index >= 15 is 0 Å². The standard InChI is InChI=1S/C62H120O17P2/c1-7-10-12-14-16-18-19-20-27-33-39-45-60(65)73-51-57(78-61(66)46-40-34-28-22-21-25-31-37-43-55(6)9-3)52-76-80(68,69)74-48-56(63)49-75-81(70,71)77-53-58(50-72-59(64)44-38-32-26-17-15-13-11-8-2)79-62(67)47-41-35-29-23-24-30-36-42-54(4)5/h54-58,63H,7-53H2,1-6H3,(H,68,69)(H,70,71)/t55?,56-,57-,58-/m1/s1. The predicted octanol–water partition coefficient (Wildman–Crippen LogP) is 16.9. The van der Waals surface area contributed by atoms with Gasteiger partial charge in [0.2, 0.25) is 0 Å². The van der Waals surface area contributed by atoms with E-state index < -0.39 is 97.5 Å². The highest BCUT2D eigenvalue weighted by Crippen LogP contribution is 2.45. The number of hydrogen-bond acceptors (Lipinski definition) is 15. The lowest BCUT2D eigenvalue weighted by atomic mass is 9.99. The number of phosphoric acid groups is 2. The van der Waals surface area contributed by atoms with Crippen molar-refractivity contribution in [2.45, 2.75) is 323 Å². The molecule has 0 heterocycles. The highest BCUT2D eigenvalue weighted by molar-refractivity contribution is 7.47. The number of rotatable bonds is 61. The van der Waals surface area contributed by atoms with Crippen LogP contribution in [-0.4, -0.2) is 96.7 Å². The van der Waals surface area contributed by atoms with Crippen molar-refractivity contribution in [1.29, 1.82) is 0 Å². The minimum atomic E-state index is -4.94. The molecule has 0 fully saturated rings. The molecular weight excluding hydrogens is 1080 g/mol. The monoisotopic (exact) mass is 1200 g/mol. The van der Waals surface area contributed by atoms with E-state index in [9.17, 15) is 43.2 Å². The van der Waals surface area contributed by atoms with Gasteiger partial charge in [-0.25, -0.2) is 9.13 Å². The van der Waals surface area contributed by atoms with Crippen LogP contribution in [0, 0.1) is 11.8 Å². The molecule has 6 atom stereocenters. The fourth-order valence-corrected chi connectivity index (χ4v) is 10.7. The van der Waals surface area contributed by atoms with Gasteiger partial charge in [0.15, 0.2) is 12.2 Å². The zero-order valence-corrected chi connectivity index (χ0v) is 53.9. The van der Waals surface area contributed by atoms with Gasteiger partial charge in [-0.05, 0) is 37.5 Å². The summed E-state index contributed by atoms with van der Waals surface area (Å²) in [6.07, 6.45) is 36.2. The third-order valence-corrected chi connectivity index (χ3v) is 16.5. The number of hydrogen-bond donors (Lipinski definition) is 3. The van der Waals surface area contributed by atoms with Gasteiger partial charge >= 0.3 is 39.5 Å². The number of carbonyl (C=O) groups excluding carboxylic acids is 4. The van der Waals surface area contributed by atoms with Crippen LogP contribution in [0.2, 0.25) is 0 Å². The maximum absolute atomic E-state index is 13.0. The van der Waals surface area contributed by atoms with Crippen molar-refractivity contribution < 1.29 is 80.2 Å². The smallest absolute Gasteiger partial charge is 0.462 e. The van der Waals surface area contributed by atoms with Crippen molar-refractivity contribution in [1.82, 2.24) is 0 Å². The Morgan fingerprint density at radius 1 is 0.358 bits per heavy atom. The number of unbranched alkanes of at least 4 members (excludes halogenated alkanes) is 30. The zero-order valence-electron chi connectivity index (χ0n) is 52.1. The second kappa shape index (κ2) is 54.7. The molecule has 0 aliphatic rings. The third kappa shape index (κ3) is 55.7. The number of carbonyl (C=O) groups is 4. The summed E-state index contributed by atoms with van der Waals surface area (Å²) < 4.78 is 67.8. The molecule has 480 valence electrons. The zero-order chi connectivity index (χ0) is 60.1. The van der Waals surface area contributed by atoms with Gasteiger partial charge in [-0.1, -0.05) is 253 Å². The van der Waals surface area contributed by atoms with Crippen LogP contribution >= 0.6 is 15.6 Å². The van der Waals surface area contributed by atoms with Gasteiger partial charge in [-0.15, -0.1) is 0 Å². The molecule has 0 bridgehead atoms. The highest BCUT2D eigenvalue weighted by Gasteiger charge is 2.30. The Hall–Kier alpha value is -1.94. The lowest BCUT2D eigenvalue weighted by Gasteiger charge is -2.21. The molecule has 0 aromatic heterocycles.